The number of halogens is 3. The molecule has 4 rings (SSSR count). The van der Waals surface area contributed by atoms with E-state index in [2.05, 4.69) is 15.2 Å². The fraction of sp³-hybridized carbons (Fsp3) is 0.500. The van der Waals surface area contributed by atoms with Crippen LogP contribution in [0.25, 0.3) is 22.3 Å². The minimum atomic E-state index is -2.63. The third-order valence-corrected chi connectivity index (χ3v) is 5.32. The number of alkyl halides is 3. The molecule has 26 heavy (non-hydrogen) atoms. The van der Waals surface area contributed by atoms with E-state index in [0.29, 0.717) is 42.4 Å². The Hall–Kier alpha value is -2.38. The third kappa shape index (κ3) is 2.77. The van der Waals surface area contributed by atoms with Crippen LogP contribution in [0, 0.1) is 6.92 Å². The van der Waals surface area contributed by atoms with E-state index in [1.54, 1.807) is 22.6 Å². The lowest BCUT2D eigenvalue weighted by Gasteiger charge is -2.24. The minimum Gasteiger partial charge on any atom is -0.272 e. The standard InChI is InChI=1S/C18H20F3N5/c1-10-14(8-22-25(10)2)16-7-13(17(20)21)15-9-23-26(18(15)24-16)12-5-3-11(19)4-6-12/h7-9,11-12,17H,3-6H2,1-2H3. The zero-order valence-corrected chi connectivity index (χ0v) is 14.7. The summed E-state index contributed by atoms with van der Waals surface area (Å²) in [5.74, 6) is 0. The summed E-state index contributed by atoms with van der Waals surface area (Å²) < 4.78 is 44.2. The van der Waals surface area contributed by atoms with Crippen LogP contribution in [-0.4, -0.2) is 30.7 Å². The summed E-state index contributed by atoms with van der Waals surface area (Å²) in [4.78, 5) is 4.64. The Balaban J connectivity index is 1.87. The number of nitrogens with zero attached hydrogens (tertiary/aromatic N) is 5. The van der Waals surface area contributed by atoms with E-state index in [9.17, 15) is 13.2 Å². The van der Waals surface area contributed by atoms with E-state index < -0.39 is 12.6 Å². The fourth-order valence-corrected chi connectivity index (χ4v) is 3.66. The Morgan fingerprint density at radius 2 is 1.85 bits per heavy atom. The molecule has 0 saturated heterocycles. The second kappa shape index (κ2) is 6.41. The van der Waals surface area contributed by atoms with Crippen molar-refractivity contribution in [3.63, 3.8) is 0 Å². The van der Waals surface area contributed by atoms with Gasteiger partial charge in [-0.15, -0.1) is 0 Å². The van der Waals surface area contributed by atoms with Crippen LogP contribution in [0.15, 0.2) is 18.5 Å². The zero-order chi connectivity index (χ0) is 18.4. The van der Waals surface area contributed by atoms with Crippen molar-refractivity contribution in [2.45, 2.75) is 51.2 Å². The van der Waals surface area contributed by atoms with Crippen LogP contribution in [0.4, 0.5) is 13.2 Å². The summed E-state index contributed by atoms with van der Waals surface area (Å²) in [6.45, 7) is 1.87. The van der Waals surface area contributed by atoms with Gasteiger partial charge in [-0.05, 0) is 38.7 Å². The first-order valence-electron chi connectivity index (χ1n) is 8.75. The molecule has 8 heteroatoms. The average Bonchev–Trinajstić information content (AvgIpc) is 3.19. The molecule has 0 spiro atoms. The van der Waals surface area contributed by atoms with Crippen LogP contribution in [-0.2, 0) is 7.05 Å². The van der Waals surface area contributed by atoms with Crippen molar-refractivity contribution in [2.75, 3.05) is 0 Å². The number of fused-ring (bicyclic) bond motifs is 1. The van der Waals surface area contributed by atoms with Gasteiger partial charge in [0.25, 0.3) is 6.43 Å². The van der Waals surface area contributed by atoms with Gasteiger partial charge in [-0.2, -0.15) is 10.2 Å². The third-order valence-electron chi connectivity index (χ3n) is 5.32. The highest BCUT2D eigenvalue weighted by atomic mass is 19.3. The maximum atomic E-state index is 13.7. The predicted molar refractivity (Wildman–Crippen MR) is 91.8 cm³/mol. The van der Waals surface area contributed by atoms with Gasteiger partial charge in [-0.1, -0.05) is 0 Å². The van der Waals surface area contributed by atoms with Crippen molar-refractivity contribution in [2.24, 2.45) is 7.05 Å². The summed E-state index contributed by atoms with van der Waals surface area (Å²) in [6, 6.07) is 1.41. The highest BCUT2D eigenvalue weighted by Gasteiger charge is 2.26. The van der Waals surface area contributed by atoms with E-state index >= 15 is 0 Å². The first-order chi connectivity index (χ1) is 12.5. The van der Waals surface area contributed by atoms with Gasteiger partial charge in [0.1, 0.15) is 6.17 Å². The second-order valence-electron chi connectivity index (χ2n) is 6.90. The SMILES string of the molecule is Cc1c(-c2cc(C(F)F)c3cnn(C4CCC(F)CC4)c3n2)cnn1C. The van der Waals surface area contributed by atoms with Crippen LogP contribution in [0.2, 0.25) is 0 Å². The molecule has 1 aliphatic rings. The molecule has 1 fully saturated rings. The van der Waals surface area contributed by atoms with Crippen molar-refractivity contribution in [1.29, 1.82) is 0 Å². The Morgan fingerprint density at radius 1 is 1.12 bits per heavy atom. The first-order valence-corrected chi connectivity index (χ1v) is 8.75. The summed E-state index contributed by atoms with van der Waals surface area (Å²) in [5.41, 5.74) is 2.37. The number of hydrogen-bond acceptors (Lipinski definition) is 3. The minimum absolute atomic E-state index is 0.0113. The number of aromatic nitrogens is 5. The summed E-state index contributed by atoms with van der Waals surface area (Å²) in [6.07, 6.45) is 1.88. The van der Waals surface area contributed by atoms with Gasteiger partial charge in [-0.25, -0.2) is 22.8 Å². The van der Waals surface area contributed by atoms with Gasteiger partial charge in [0.2, 0.25) is 0 Å². The topological polar surface area (TPSA) is 48.5 Å². The normalized spacial score (nSPS) is 21.0. The van der Waals surface area contributed by atoms with Gasteiger partial charge >= 0.3 is 0 Å². The zero-order valence-electron chi connectivity index (χ0n) is 14.7. The maximum Gasteiger partial charge on any atom is 0.264 e. The van der Waals surface area contributed by atoms with Gasteiger partial charge in [0, 0.05) is 29.3 Å². The molecule has 3 heterocycles. The molecule has 0 amide bonds. The van der Waals surface area contributed by atoms with Crippen LogP contribution in [0.3, 0.4) is 0 Å². The van der Waals surface area contributed by atoms with Gasteiger partial charge < -0.3 is 0 Å². The van der Waals surface area contributed by atoms with Crippen LogP contribution >= 0.6 is 0 Å². The molecule has 0 unspecified atom stereocenters. The van der Waals surface area contributed by atoms with Crippen molar-refractivity contribution in [3.8, 4) is 11.3 Å². The van der Waals surface area contributed by atoms with Crippen molar-refractivity contribution < 1.29 is 13.2 Å². The highest BCUT2D eigenvalue weighted by Crippen LogP contribution is 2.36. The van der Waals surface area contributed by atoms with Gasteiger partial charge in [-0.3, -0.25) is 4.68 Å². The van der Waals surface area contributed by atoms with Crippen molar-refractivity contribution in [1.82, 2.24) is 24.5 Å². The molecule has 1 saturated carbocycles. The van der Waals surface area contributed by atoms with Gasteiger partial charge in [0.05, 0.1) is 24.1 Å². The molecule has 0 aliphatic heterocycles. The molecule has 1 aliphatic carbocycles. The predicted octanol–water partition coefficient (Wildman–Crippen LogP) is 4.53. The summed E-state index contributed by atoms with van der Waals surface area (Å²) in [7, 11) is 1.80. The molecule has 138 valence electrons. The number of hydrogen-bond donors (Lipinski definition) is 0. The fourth-order valence-electron chi connectivity index (χ4n) is 3.66. The van der Waals surface area contributed by atoms with E-state index in [4.69, 9.17) is 0 Å². The summed E-state index contributed by atoms with van der Waals surface area (Å²) in [5, 5.41) is 8.86. The Labute approximate surface area is 148 Å². The summed E-state index contributed by atoms with van der Waals surface area (Å²) >= 11 is 0. The lowest BCUT2D eigenvalue weighted by Crippen LogP contribution is -2.19. The van der Waals surface area contributed by atoms with Crippen LogP contribution < -0.4 is 0 Å². The van der Waals surface area contributed by atoms with Crippen molar-refractivity contribution in [3.05, 3.63) is 29.7 Å². The monoisotopic (exact) mass is 363 g/mol. The molecule has 0 bridgehead atoms. The smallest absolute Gasteiger partial charge is 0.264 e. The molecule has 0 atom stereocenters. The van der Waals surface area contributed by atoms with Crippen molar-refractivity contribution >= 4 is 11.0 Å². The number of pyridine rings is 1. The second-order valence-corrected chi connectivity index (χ2v) is 6.90. The van der Waals surface area contributed by atoms with E-state index in [-0.39, 0.29) is 11.6 Å². The molecule has 0 radical (unpaired) electrons. The molecular formula is C18H20F3N5. The Bertz CT molecular complexity index is 938. The highest BCUT2D eigenvalue weighted by molar-refractivity contribution is 5.83. The lowest BCUT2D eigenvalue weighted by molar-refractivity contribution is 0.153. The van der Waals surface area contributed by atoms with E-state index in [1.165, 1.54) is 12.3 Å². The largest absolute Gasteiger partial charge is 0.272 e. The molecule has 5 nitrogen and oxygen atoms in total. The average molecular weight is 363 g/mol. The van der Waals surface area contributed by atoms with E-state index in [0.717, 1.165) is 11.3 Å². The van der Waals surface area contributed by atoms with E-state index in [1.807, 2.05) is 6.92 Å². The Kier molecular flexibility index (Phi) is 4.20. The first kappa shape index (κ1) is 17.1. The molecule has 3 aromatic heterocycles. The molecule has 3 aromatic rings. The quantitative estimate of drug-likeness (QED) is 0.687. The van der Waals surface area contributed by atoms with Gasteiger partial charge in [0.15, 0.2) is 5.65 Å². The number of aryl methyl sites for hydroxylation is 1. The Morgan fingerprint density at radius 3 is 2.46 bits per heavy atom. The van der Waals surface area contributed by atoms with Crippen LogP contribution in [0.5, 0.6) is 0 Å². The number of rotatable bonds is 3. The van der Waals surface area contributed by atoms with Crippen LogP contribution in [0.1, 0.15) is 49.4 Å². The molecular weight excluding hydrogens is 343 g/mol. The lowest BCUT2D eigenvalue weighted by atomic mass is 9.94. The maximum absolute atomic E-state index is 13.7. The molecule has 0 aromatic carbocycles. The molecule has 0 N–H and O–H groups in total.